The molecule has 0 fully saturated rings. The van der Waals surface area contributed by atoms with E-state index in [-0.39, 0.29) is 5.56 Å². The molecule has 12 heteroatoms. The number of pyridine rings is 1. The van der Waals surface area contributed by atoms with Crippen LogP contribution in [0.5, 0.6) is 0 Å². The summed E-state index contributed by atoms with van der Waals surface area (Å²) in [6, 6.07) is 3.20. The van der Waals surface area contributed by atoms with Crippen LogP contribution in [0.15, 0.2) is 34.2 Å². The van der Waals surface area contributed by atoms with Gasteiger partial charge in [-0.2, -0.15) is 13.2 Å². The van der Waals surface area contributed by atoms with Crippen LogP contribution in [0, 0.1) is 13.8 Å². The van der Waals surface area contributed by atoms with E-state index in [0.29, 0.717) is 39.9 Å². The largest absolute Gasteiger partial charge is 0.419 e. The maximum absolute atomic E-state index is 13.5. The van der Waals surface area contributed by atoms with E-state index in [1.807, 2.05) is 0 Å². The zero-order valence-electron chi connectivity index (χ0n) is 15.9. The van der Waals surface area contributed by atoms with E-state index in [2.05, 4.69) is 25.1 Å². The van der Waals surface area contributed by atoms with E-state index < -0.39 is 32.4 Å². The Morgan fingerprint density at radius 3 is 2.47 bits per heavy atom. The molecule has 4 aromatic rings. The molecule has 4 heterocycles. The van der Waals surface area contributed by atoms with Crippen LogP contribution in [-0.4, -0.2) is 39.8 Å². The zero-order chi connectivity index (χ0) is 21.8. The summed E-state index contributed by atoms with van der Waals surface area (Å²) in [5.41, 5.74) is 0.506. The Balaban J connectivity index is 1.94. The molecule has 0 aliphatic carbocycles. The highest BCUT2D eigenvalue weighted by Gasteiger charge is 2.36. The second-order valence-electron chi connectivity index (χ2n) is 6.68. The van der Waals surface area contributed by atoms with Gasteiger partial charge in [-0.3, -0.25) is 0 Å². The molecule has 0 atom stereocenters. The molecule has 0 saturated heterocycles. The molecule has 0 aromatic carbocycles. The van der Waals surface area contributed by atoms with Crippen LogP contribution in [0.4, 0.5) is 13.2 Å². The van der Waals surface area contributed by atoms with Crippen molar-refractivity contribution in [1.82, 2.24) is 25.1 Å². The van der Waals surface area contributed by atoms with E-state index >= 15 is 0 Å². The van der Waals surface area contributed by atoms with Gasteiger partial charge in [-0.25, -0.2) is 23.4 Å². The van der Waals surface area contributed by atoms with Crippen molar-refractivity contribution in [2.75, 3.05) is 6.26 Å². The Morgan fingerprint density at radius 2 is 1.87 bits per heavy atom. The van der Waals surface area contributed by atoms with Gasteiger partial charge in [-0.15, -0.1) is 0 Å². The Hall–Kier alpha value is -3.28. The molecule has 0 saturated carbocycles. The van der Waals surface area contributed by atoms with E-state index in [0.717, 1.165) is 6.26 Å². The maximum atomic E-state index is 13.5. The van der Waals surface area contributed by atoms with Gasteiger partial charge in [0.1, 0.15) is 17.0 Å². The standard InChI is InChI=1S/C18H14F3N5O3S/c1-8-14(9(2)29-26-8)13-5-4-10-11(6-22-16(10)24-13)15-12(18(19,20)21)7-23-17(25-15)30(3,27)28/h4-7H,1-3H3,(H,22,24). The molecule has 0 bridgehead atoms. The summed E-state index contributed by atoms with van der Waals surface area (Å²) in [4.78, 5) is 14.4. The average molecular weight is 437 g/mol. The first-order valence-corrected chi connectivity index (χ1v) is 10.4. The van der Waals surface area contributed by atoms with E-state index in [9.17, 15) is 21.6 Å². The number of rotatable bonds is 3. The van der Waals surface area contributed by atoms with Gasteiger partial charge < -0.3 is 9.51 Å². The summed E-state index contributed by atoms with van der Waals surface area (Å²) in [7, 11) is -3.91. The first kappa shape index (κ1) is 20.0. The van der Waals surface area contributed by atoms with Crippen molar-refractivity contribution in [2.45, 2.75) is 25.2 Å². The number of aryl methyl sites for hydroxylation is 2. The first-order valence-electron chi connectivity index (χ1n) is 8.53. The van der Waals surface area contributed by atoms with Gasteiger partial charge in [0, 0.05) is 29.6 Å². The number of alkyl halides is 3. The highest BCUT2D eigenvalue weighted by atomic mass is 32.2. The summed E-state index contributed by atoms with van der Waals surface area (Å²) in [6.07, 6.45) is -2.17. The SMILES string of the molecule is Cc1noc(C)c1-c1ccc2c(-c3nc(S(C)(=O)=O)ncc3C(F)(F)F)c[nH]c2n1. The lowest BCUT2D eigenvalue weighted by Gasteiger charge is -2.12. The lowest BCUT2D eigenvalue weighted by atomic mass is 10.1. The molecular weight excluding hydrogens is 423 g/mol. The average Bonchev–Trinajstić information content (AvgIpc) is 3.22. The van der Waals surface area contributed by atoms with Crippen LogP contribution >= 0.6 is 0 Å². The van der Waals surface area contributed by atoms with Gasteiger partial charge in [0.25, 0.3) is 0 Å². The van der Waals surface area contributed by atoms with E-state index in [4.69, 9.17) is 4.52 Å². The van der Waals surface area contributed by atoms with Gasteiger partial charge in [0.15, 0.2) is 0 Å². The van der Waals surface area contributed by atoms with Crippen LogP contribution < -0.4 is 0 Å². The number of fused-ring (bicyclic) bond motifs is 1. The first-order chi connectivity index (χ1) is 14.0. The molecule has 0 amide bonds. The van der Waals surface area contributed by atoms with Crippen LogP contribution in [0.2, 0.25) is 0 Å². The molecule has 30 heavy (non-hydrogen) atoms. The van der Waals surface area contributed by atoms with Gasteiger partial charge in [0.05, 0.1) is 22.6 Å². The van der Waals surface area contributed by atoms with Gasteiger partial charge >= 0.3 is 6.18 Å². The molecular formula is C18H14F3N5O3S. The van der Waals surface area contributed by atoms with Gasteiger partial charge in [0.2, 0.25) is 15.0 Å². The minimum Gasteiger partial charge on any atom is -0.361 e. The zero-order valence-corrected chi connectivity index (χ0v) is 16.7. The highest BCUT2D eigenvalue weighted by Crippen LogP contribution is 2.39. The van der Waals surface area contributed by atoms with Crippen molar-refractivity contribution in [3.63, 3.8) is 0 Å². The summed E-state index contributed by atoms with van der Waals surface area (Å²) in [5, 5.41) is 3.52. The van der Waals surface area contributed by atoms with Crippen LogP contribution in [0.3, 0.4) is 0 Å². The molecule has 0 spiro atoms. The lowest BCUT2D eigenvalue weighted by molar-refractivity contribution is -0.137. The van der Waals surface area contributed by atoms with Crippen molar-refractivity contribution in [3.8, 4) is 22.5 Å². The Labute approximate surface area is 168 Å². The van der Waals surface area contributed by atoms with E-state index in [1.165, 1.54) is 6.20 Å². The third kappa shape index (κ3) is 3.32. The fourth-order valence-electron chi connectivity index (χ4n) is 3.15. The number of aromatic amines is 1. The van der Waals surface area contributed by atoms with Crippen molar-refractivity contribution in [3.05, 3.63) is 41.5 Å². The van der Waals surface area contributed by atoms with Crippen molar-refractivity contribution in [2.24, 2.45) is 0 Å². The van der Waals surface area contributed by atoms with E-state index in [1.54, 1.807) is 26.0 Å². The number of halogens is 3. The van der Waals surface area contributed by atoms with Crippen LogP contribution in [-0.2, 0) is 16.0 Å². The maximum Gasteiger partial charge on any atom is 0.419 e. The van der Waals surface area contributed by atoms with Gasteiger partial charge in [-0.1, -0.05) is 5.16 Å². The topological polar surface area (TPSA) is 115 Å². The van der Waals surface area contributed by atoms with Crippen LogP contribution in [0.25, 0.3) is 33.5 Å². The fourth-order valence-corrected chi connectivity index (χ4v) is 3.65. The quantitative estimate of drug-likeness (QED) is 0.486. The number of nitrogens with one attached hydrogen (secondary N) is 1. The van der Waals surface area contributed by atoms with Crippen molar-refractivity contribution in [1.29, 1.82) is 0 Å². The molecule has 4 rings (SSSR count). The normalized spacial score (nSPS) is 12.6. The summed E-state index contributed by atoms with van der Waals surface area (Å²) in [6.45, 7) is 3.48. The minimum absolute atomic E-state index is 0.0578. The monoisotopic (exact) mass is 437 g/mol. The molecule has 4 aromatic heterocycles. The Kier molecular flexibility index (Phi) is 4.42. The highest BCUT2D eigenvalue weighted by molar-refractivity contribution is 7.90. The summed E-state index contributed by atoms with van der Waals surface area (Å²) >= 11 is 0. The van der Waals surface area contributed by atoms with Crippen molar-refractivity contribution < 1.29 is 26.1 Å². The molecule has 0 unspecified atom stereocenters. The molecule has 156 valence electrons. The second-order valence-corrected chi connectivity index (χ2v) is 8.59. The molecule has 0 aliphatic heterocycles. The third-order valence-corrected chi connectivity index (χ3v) is 5.35. The number of hydrogen-bond acceptors (Lipinski definition) is 7. The number of sulfone groups is 1. The Morgan fingerprint density at radius 1 is 1.13 bits per heavy atom. The third-order valence-electron chi connectivity index (χ3n) is 4.49. The van der Waals surface area contributed by atoms with Gasteiger partial charge in [-0.05, 0) is 26.0 Å². The number of H-pyrrole nitrogens is 1. The Bertz CT molecular complexity index is 1370. The number of hydrogen-bond donors (Lipinski definition) is 1. The lowest BCUT2D eigenvalue weighted by Crippen LogP contribution is -2.13. The molecule has 0 aliphatic rings. The molecule has 8 nitrogen and oxygen atoms in total. The predicted molar refractivity (Wildman–Crippen MR) is 100 cm³/mol. The summed E-state index contributed by atoms with van der Waals surface area (Å²) in [5.74, 6) is 0.555. The predicted octanol–water partition coefficient (Wildman–Crippen LogP) is 3.71. The fraction of sp³-hybridized carbons (Fsp3) is 0.222. The smallest absolute Gasteiger partial charge is 0.361 e. The minimum atomic E-state index is -4.78. The number of aromatic nitrogens is 5. The van der Waals surface area contributed by atoms with Crippen LogP contribution in [0.1, 0.15) is 17.0 Å². The summed E-state index contributed by atoms with van der Waals surface area (Å²) < 4.78 is 69.3. The van der Waals surface area contributed by atoms with Crippen molar-refractivity contribution >= 4 is 20.9 Å². The molecule has 0 radical (unpaired) electrons. The molecule has 1 N–H and O–H groups in total. The second kappa shape index (κ2) is 6.62. The number of nitrogens with zero attached hydrogens (tertiary/aromatic N) is 4.